The first-order chi connectivity index (χ1) is 25.9. The highest BCUT2D eigenvalue weighted by Crippen LogP contribution is 2.37. The Morgan fingerprint density at radius 2 is 1.26 bits per heavy atom. The Hall–Kier alpha value is -5.06. The Balaban J connectivity index is 1.27. The molecule has 1 N–H and O–H groups in total. The van der Waals surface area contributed by atoms with E-state index in [4.69, 9.17) is 23.2 Å². The molecule has 0 atom stereocenters. The van der Waals surface area contributed by atoms with Gasteiger partial charge in [0.05, 0.1) is 5.02 Å². The fourth-order valence-electron chi connectivity index (χ4n) is 6.20. The first kappa shape index (κ1) is 38.7. The molecule has 0 saturated heterocycles. The van der Waals surface area contributed by atoms with Crippen molar-refractivity contribution in [3.05, 3.63) is 172 Å². The van der Waals surface area contributed by atoms with E-state index in [0.717, 1.165) is 27.8 Å². The van der Waals surface area contributed by atoms with Crippen molar-refractivity contribution in [2.75, 3.05) is 6.54 Å². The molecule has 1 amide bonds. The molecule has 6 rings (SSSR count). The molecule has 54 heavy (non-hydrogen) atoms. The largest absolute Gasteiger partial charge is 0.505 e. The van der Waals surface area contributed by atoms with Crippen LogP contribution in [0.15, 0.2) is 139 Å². The van der Waals surface area contributed by atoms with Gasteiger partial charge in [-0.25, -0.2) is 12.8 Å². The molecular weight excluding hydrogens is 744 g/mol. The van der Waals surface area contributed by atoms with Crippen LogP contribution in [0.4, 0.5) is 4.39 Å². The highest BCUT2D eigenvalue weighted by Gasteiger charge is 2.30. The van der Waals surface area contributed by atoms with Crippen LogP contribution in [0.5, 0.6) is 5.75 Å². The average molecular weight is 783 g/mol. The van der Waals surface area contributed by atoms with Gasteiger partial charge in [-0.1, -0.05) is 110 Å². The minimum Gasteiger partial charge on any atom is -0.505 e. The van der Waals surface area contributed by atoms with Crippen molar-refractivity contribution < 1.29 is 22.7 Å². The van der Waals surface area contributed by atoms with Gasteiger partial charge in [-0.05, 0) is 93.4 Å². The van der Waals surface area contributed by atoms with E-state index in [-0.39, 0.29) is 40.8 Å². The van der Waals surface area contributed by atoms with E-state index in [2.05, 4.69) is 18.8 Å². The third-order valence-corrected chi connectivity index (χ3v) is 11.2. The highest BCUT2D eigenvalue weighted by atomic mass is 35.5. The molecule has 7 nitrogen and oxygen atoms in total. The second-order valence-corrected chi connectivity index (χ2v) is 16.2. The molecule has 5 aromatic carbocycles. The number of aromatic hydroxyl groups is 1. The molecular formula is C43H38Cl2FN3O4S. The number of sulfonamides is 1. The number of aromatic nitrogens is 1. The number of hydrogen-bond acceptors (Lipinski definition) is 5. The van der Waals surface area contributed by atoms with Gasteiger partial charge in [0, 0.05) is 49.2 Å². The second kappa shape index (κ2) is 17.0. The van der Waals surface area contributed by atoms with Crippen molar-refractivity contribution in [2.45, 2.75) is 38.4 Å². The molecule has 1 aromatic heterocycles. The number of rotatable bonds is 13. The van der Waals surface area contributed by atoms with Crippen LogP contribution in [-0.4, -0.2) is 40.2 Å². The Morgan fingerprint density at radius 3 is 1.87 bits per heavy atom. The molecule has 0 radical (unpaired) electrons. The summed E-state index contributed by atoms with van der Waals surface area (Å²) in [6.45, 7) is 4.81. The van der Waals surface area contributed by atoms with E-state index in [1.165, 1.54) is 28.6 Å². The molecule has 0 fully saturated rings. The number of halogens is 3. The van der Waals surface area contributed by atoms with Crippen molar-refractivity contribution in [2.24, 2.45) is 5.92 Å². The van der Waals surface area contributed by atoms with Gasteiger partial charge in [0.25, 0.3) is 5.91 Å². The normalized spacial score (nSPS) is 11.6. The van der Waals surface area contributed by atoms with Gasteiger partial charge in [0.15, 0.2) is 5.75 Å². The van der Waals surface area contributed by atoms with E-state index in [9.17, 15) is 22.7 Å². The molecule has 0 unspecified atom stereocenters. The molecule has 0 bridgehead atoms. The summed E-state index contributed by atoms with van der Waals surface area (Å²) in [7, 11) is -4.36. The van der Waals surface area contributed by atoms with Gasteiger partial charge in [-0.2, -0.15) is 4.31 Å². The van der Waals surface area contributed by atoms with Gasteiger partial charge < -0.3 is 10.0 Å². The first-order valence-electron chi connectivity index (χ1n) is 17.3. The Bertz CT molecular complexity index is 2340. The van der Waals surface area contributed by atoms with Crippen LogP contribution in [0.25, 0.3) is 22.3 Å². The molecule has 0 aliphatic heterocycles. The predicted octanol–water partition coefficient (Wildman–Crippen LogP) is 10.3. The number of hydrogen-bond donors (Lipinski definition) is 1. The fraction of sp³-hybridized carbons (Fsp3) is 0.163. The zero-order valence-electron chi connectivity index (χ0n) is 29.7. The summed E-state index contributed by atoms with van der Waals surface area (Å²) >= 11 is 12.4. The van der Waals surface area contributed by atoms with Crippen molar-refractivity contribution in [3.63, 3.8) is 0 Å². The maximum atomic E-state index is 14.3. The first-order valence-corrected chi connectivity index (χ1v) is 19.5. The van der Waals surface area contributed by atoms with E-state index < -0.39 is 20.7 Å². The lowest BCUT2D eigenvalue weighted by atomic mass is 10.0. The Kier molecular flexibility index (Phi) is 12.1. The summed E-state index contributed by atoms with van der Waals surface area (Å²) in [5.74, 6) is -0.850. The molecule has 6 aromatic rings. The molecule has 0 aliphatic carbocycles. The third-order valence-electron chi connectivity index (χ3n) is 8.84. The fourth-order valence-corrected chi connectivity index (χ4v) is 8.36. The van der Waals surface area contributed by atoms with Crippen molar-refractivity contribution >= 4 is 39.1 Å². The van der Waals surface area contributed by atoms with Gasteiger partial charge in [-0.15, -0.1) is 0 Å². The van der Waals surface area contributed by atoms with Crippen LogP contribution in [0.2, 0.25) is 10.0 Å². The zero-order chi connectivity index (χ0) is 38.4. The Morgan fingerprint density at radius 1 is 0.722 bits per heavy atom. The van der Waals surface area contributed by atoms with Crippen LogP contribution < -0.4 is 0 Å². The number of amides is 1. The number of pyridine rings is 1. The van der Waals surface area contributed by atoms with E-state index in [1.807, 2.05) is 72.8 Å². The van der Waals surface area contributed by atoms with Gasteiger partial charge in [-0.3, -0.25) is 9.78 Å². The number of nitrogens with zero attached hydrogens (tertiary/aromatic N) is 3. The molecule has 0 saturated carbocycles. The van der Waals surface area contributed by atoms with Gasteiger partial charge >= 0.3 is 0 Å². The lowest BCUT2D eigenvalue weighted by Crippen LogP contribution is -2.34. The smallest absolute Gasteiger partial charge is 0.254 e. The highest BCUT2D eigenvalue weighted by molar-refractivity contribution is 7.89. The van der Waals surface area contributed by atoms with Crippen LogP contribution in [-0.2, 0) is 29.7 Å². The minimum atomic E-state index is -4.36. The summed E-state index contributed by atoms with van der Waals surface area (Å²) in [5.41, 5.74) is 6.37. The van der Waals surface area contributed by atoms with E-state index >= 15 is 0 Å². The number of benzene rings is 5. The predicted molar refractivity (Wildman–Crippen MR) is 212 cm³/mol. The van der Waals surface area contributed by atoms with E-state index in [1.54, 1.807) is 41.6 Å². The topological polar surface area (TPSA) is 90.8 Å². The average Bonchev–Trinajstić information content (AvgIpc) is 3.16. The van der Waals surface area contributed by atoms with Crippen molar-refractivity contribution in [1.82, 2.24) is 14.2 Å². The number of phenols is 1. The quantitative estimate of drug-likeness (QED) is 0.126. The van der Waals surface area contributed by atoms with Crippen LogP contribution in [0.1, 0.15) is 40.9 Å². The lowest BCUT2D eigenvalue weighted by Gasteiger charge is -2.26. The molecule has 276 valence electrons. The van der Waals surface area contributed by atoms with Gasteiger partial charge in [0.1, 0.15) is 10.7 Å². The summed E-state index contributed by atoms with van der Waals surface area (Å²) in [5, 5.41) is 10.7. The van der Waals surface area contributed by atoms with Crippen LogP contribution >= 0.6 is 23.2 Å². The monoisotopic (exact) mass is 781 g/mol. The number of phenolic OH excluding ortho intramolecular Hbond substituents is 1. The summed E-state index contributed by atoms with van der Waals surface area (Å²) < 4.78 is 43.3. The lowest BCUT2D eigenvalue weighted by molar-refractivity contribution is 0.0722. The SMILES string of the molecule is CC(C)CN(Cc1cccc(CN(Cc2ccc(-c3ccc(F)cc3)cc2)S(=O)(=O)c2cc(Cl)cc(Cl)c2O)c1)C(=O)c1ccc(-c2ccncc2)cc1. The number of carbonyl (C=O) groups is 1. The molecule has 0 spiro atoms. The molecule has 0 aliphatic rings. The van der Waals surface area contributed by atoms with E-state index in [0.29, 0.717) is 29.8 Å². The van der Waals surface area contributed by atoms with Crippen LogP contribution in [0.3, 0.4) is 0 Å². The van der Waals surface area contributed by atoms with Crippen molar-refractivity contribution in [3.8, 4) is 28.0 Å². The van der Waals surface area contributed by atoms with Crippen LogP contribution in [0, 0.1) is 11.7 Å². The zero-order valence-corrected chi connectivity index (χ0v) is 32.0. The Labute approximate surface area is 325 Å². The summed E-state index contributed by atoms with van der Waals surface area (Å²) in [6.07, 6.45) is 3.46. The summed E-state index contributed by atoms with van der Waals surface area (Å²) in [4.78, 5) is 19.3. The second-order valence-electron chi connectivity index (χ2n) is 13.4. The number of carbonyl (C=O) groups excluding carboxylic acids is 1. The molecule has 11 heteroatoms. The maximum absolute atomic E-state index is 14.3. The minimum absolute atomic E-state index is 0.0483. The maximum Gasteiger partial charge on any atom is 0.254 e. The van der Waals surface area contributed by atoms with Crippen molar-refractivity contribution in [1.29, 1.82) is 0 Å². The van der Waals surface area contributed by atoms with Gasteiger partial charge in [0.2, 0.25) is 10.0 Å². The summed E-state index contributed by atoms with van der Waals surface area (Å²) in [6, 6.07) is 34.7. The standard InChI is InChI=1S/C43H38Cl2FN3O4S/c1-29(2)25-48(43(51)37-12-10-34(11-13-37)36-18-20-47-21-19-36)26-31-4-3-5-32(22-31)28-49(54(52,53)41-24-38(44)23-40(45)42(41)50)27-30-6-8-33(9-7-30)35-14-16-39(46)17-15-35/h3-24,29,50H,25-28H2,1-2H3. The molecule has 1 heterocycles. The third kappa shape index (κ3) is 9.35.